The molecule has 0 atom stereocenters. The number of carbonyl (C=O) groups is 2. The number of fused-ring (bicyclic) bond motifs is 1. The summed E-state index contributed by atoms with van der Waals surface area (Å²) in [7, 11) is 1.55. The molecule has 0 unspecified atom stereocenters. The van der Waals surface area contributed by atoms with Crippen LogP contribution < -0.4 is 15.6 Å². The Kier molecular flexibility index (Phi) is 6.01. The predicted molar refractivity (Wildman–Crippen MR) is 102 cm³/mol. The molecule has 0 saturated carbocycles. The van der Waals surface area contributed by atoms with Crippen molar-refractivity contribution in [3.05, 3.63) is 70.1 Å². The zero-order valence-electron chi connectivity index (χ0n) is 15.2. The average molecular weight is 381 g/mol. The molecule has 28 heavy (non-hydrogen) atoms. The number of para-hydroxylation sites is 1. The van der Waals surface area contributed by atoms with E-state index < -0.39 is 18.5 Å². The largest absolute Gasteiger partial charge is 0.496 e. The molecule has 8 heteroatoms. The zero-order chi connectivity index (χ0) is 19.9. The number of nitrogens with zero attached hydrogens (tertiary/aromatic N) is 1. The lowest BCUT2D eigenvalue weighted by Crippen LogP contribution is -2.29. The summed E-state index contributed by atoms with van der Waals surface area (Å²) in [5.41, 5.74) is 0.867. The summed E-state index contributed by atoms with van der Waals surface area (Å²) < 4.78 is 10.2. The number of H-pyrrole nitrogens is 1. The van der Waals surface area contributed by atoms with E-state index in [2.05, 4.69) is 15.5 Å². The molecule has 0 spiro atoms. The van der Waals surface area contributed by atoms with Gasteiger partial charge in [0.25, 0.3) is 11.5 Å². The van der Waals surface area contributed by atoms with Crippen LogP contribution in [-0.2, 0) is 27.3 Å². The fourth-order valence-electron chi connectivity index (χ4n) is 2.73. The smallest absolute Gasteiger partial charge is 0.312 e. The van der Waals surface area contributed by atoms with Crippen LogP contribution in [0.2, 0.25) is 0 Å². The Hall–Kier alpha value is -3.68. The second-order valence-corrected chi connectivity index (χ2v) is 5.97. The van der Waals surface area contributed by atoms with Crippen LogP contribution in [0.4, 0.5) is 0 Å². The Morgan fingerprint density at radius 2 is 1.79 bits per heavy atom. The summed E-state index contributed by atoms with van der Waals surface area (Å²) in [5, 5.41) is 9.96. The molecule has 0 fully saturated rings. The van der Waals surface area contributed by atoms with Crippen molar-refractivity contribution in [1.29, 1.82) is 0 Å². The van der Waals surface area contributed by atoms with Gasteiger partial charge in [0.15, 0.2) is 6.61 Å². The highest BCUT2D eigenvalue weighted by molar-refractivity contribution is 5.87. The van der Waals surface area contributed by atoms with E-state index in [1.807, 2.05) is 18.2 Å². The first kappa shape index (κ1) is 19.1. The first-order valence-electron chi connectivity index (χ1n) is 8.59. The Bertz CT molecular complexity index is 1060. The fourth-order valence-corrected chi connectivity index (χ4v) is 2.73. The molecule has 2 N–H and O–H groups in total. The summed E-state index contributed by atoms with van der Waals surface area (Å²) in [6.07, 6.45) is -0.156. The maximum atomic E-state index is 12.1. The molecule has 0 aliphatic rings. The molecule has 0 aliphatic carbocycles. The third-order valence-corrected chi connectivity index (χ3v) is 4.12. The van der Waals surface area contributed by atoms with E-state index in [1.165, 1.54) is 0 Å². The van der Waals surface area contributed by atoms with Gasteiger partial charge in [-0.05, 0) is 12.1 Å². The molecule has 144 valence electrons. The Morgan fingerprint density at radius 3 is 2.57 bits per heavy atom. The van der Waals surface area contributed by atoms with Crippen LogP contribution in [0.1, 0.15) is 11.3 Å². The van der Waals surface area contributed by atoms with Gasteiger partial charge in [0, 0.05) is 17.5 Å². The van der Waals surface area contributed by atoms with Crippen LogP contribution in [-0.4, -0.2) is 35.8 Å². The van der Waals surface area contributed by atoms with Crippen LogP contribution in [0, 0.1) is 0 Å². The van der Waals surface area contributed by atoms with Crippen molar-refractivity contribution in [1.82, 2.24) is 15.5 Å². The molecule has 0 radical (unpaired) electrons. The second kappa shape index (κ2) is 8.81. The van der Waals surface area contributed by atoms with Crippen LogP contribution in [0.15, 0.2) is 53.3 Å². The number of benzene rings is 2. The normalized spacial score (nSPS) is 10.5. The number of aromatic amines is 1. The van der Waals surface area contributed by atoms with Crippen molar-refractivity contribution < 1.29 is 19.1 Å². The third kappa shape index (κ3) is 4.53. The number of rotatable bonds is 7. The molecule has 1 heterocycles. The number of esters is 1. The van der Waals surface area contributed by atoms with Gasteiger partial charge in [-0.2, -0.15) is 5.10 Å². The van der Waals surface area contributed by atoms with E-state index in [4.69, 9.17) is 9.47 Å². The highest BCUT2D eigenvalue weighted by atomic mass is 16.5. The van der Waals surface area contributed by atoms with Gasteiger partial charge < -0.3 is 14.8 Å². The van der Waals surface area contributed by atoms with Gasteiger partial charge in [-0.15, -0.1) is 0 Å². The van der Waals surface area contributed by atoms with Crippen molar-refractivity contribution in [3.8, 4) is 5.75 Å². The number of amides is 1. The van der Waals surface area contributed by atoms with E-state index >= 15 is 0 Å². The number of hydrogen-bond acceptors (Lipinski definition) is 6. The minimum atomic E-state index is -0.614. The summed E-state index contributed by atoms with van der Waals surface area (Å²) >= 11 is 0. The van der Waals surface area contributed by atoms with E-state index in [9.17, 15) is 14.4 Å². The molecule has 3 aromatic rings. The van der Waals surface area contributed by atoms with Gasteiger partial charge >= 0.3 is 5.97 Å². The lowest BCUT2D eigenvalue weighted by molar-refractivity contribution is -0.147. The summed E-state index contributed by atoms with van der Waals surface area (Å²) in [6.45, 7) is -0.151. The van der Waals surface area contributed by atoms with E-state index in [0.29, 0.717) is 22.2 Å². The summed E-state index contributed by atoms with van der Waals surface area (Å²) in [5.74, 6) is -0.383. The Balaban J connectivity index is 1.54. The fraction of sp³-hybridized carbons (Fsp3) is 0.200. The number of nitrogens with one attached hydrogen (secondary N) is 2. The van der Waals surface area contributed by atoms with Gasteiger partial charge in [0.2, 0.25) is 0 Å². The number of hydrogen-bond donors (Lipinski definition) is 2. The molecule has 0 saturated heterocycles. The van der Waals surface area contributed by atoms with Crippen molar-refractivity contribution in [2.75, 3.05) is 13.7 Å². The zero-order valence-corrected chi connectivity index (χ0v) is 15.2. The highest BCUT2D eigenvalue weighted by Crippen LogP contribution is 2.16. The lowest BCUT2D eigenvalue weighted by Gasteiger charge is -2.10. The van der Waals surface area contributed by atoms with Gasteiger partial charge in [-0.3, -0.25) is 14.4 Å². The van der Waals surface area contributed by atoms with Crippen molar-refractivity contribution in [3.63, 3.8) is 0 Å². The molecule has 8 nitrogen and oxygen atoms in total. The first-order chi connectivity index (χ1) is 13.6. The van der Waals surface area contributed by atoms with Crippen molar-refractivity contribution in [2.24, 2.45) is 0 Å². The van der Waals surface area contributed by atoms with E-state index in [-0.39, 0.29) is 18.5 Å². The molecule has 1 amide bonds. The minimum absolute atomic E-state index is 0.156. The summed E-state index contributed by atoms with van der Waals surface area (Å²) in [4.78, 5) is 35.8. The van der Waals surface area contributed by atoms with E-state index in [1.54, 1.807) is 37.4 Å². The second-order valence-electron chi connectivity index (χ2n) is 5.97. The highest BCUT2D eigenvalue weighted by Gasteiger charge is 2.13. The standard InChI is InChI=1S/C20H19N3O5/c1-27-17-9-5-2-6-13(17)11-21-18(24)12-28-19(25)10-16-14-7-3-4-8-15(14)20(26)23-22-16/h2-9H,10-12H2,1H3,(H,21,24)(H,23,26). The van der Waals surface area contributed by atoms with Crippen molar-refractivity contribution in [2.45, 2.75) is 13.0 Å². The van der Waals surface area contributed by atoms with Crippen molar-refractivity contribution >= 4 is 22.6 Å². The van der Waals surface area contributed by atoms with E-state index in [0.717, 1.165) is 5.56 Å². The van der Waals surface area contributed by atoms with Crippen LogP contribution in [0.5, 0.6) is 5.75 Å². The molecule has 3 rings (SSSR count). The minimum Gasteiger partial charge on any atom is -0.496 e. The third-order valence-electron chi connectivity index (χ3n) is 4.12. The number of aromatic nitrogens is 2. The maximum absolute atomic E-state index is 12.1. The monoisotopic (exact) mass is 381 g/mol. The van der Waals surface area contributed by atoms with Gasteiger partial charge in [0.1, 0.15) is 5.75 Å². The molecule has 0 bridgehead atoms. The quantitative estimate of drug-likeness (QED) is 0.598. The number of methoxy groups -OCH3 is 1. The molecule has 0 aliphatic heterocycles. The molecule has 2 aromatic carbocycles. The Labute approximate surface area is 160 Å². The first-order valence-corrected chi connectivity index (χ1v) is 8.59. The SMILES string of the molecule is COc1ccccc1CNC(=O)COC(=O)Cc1n[nH]c(=O)c2ccccc12. The van der Waals surface area contributed by atoms with Crippen LogP contribution >= 0.6 is 0 Å². The summed E-state index contributed by atoms with van der Waals surface area (Å²) in [6, 6.07) is 14.1. The van der Waals surface area contributed by atoms with Crippen LogP contribution in [0.25, 0.3) is 10.8 Å². The molecular formula is C20H19N3O5. The maximum Gasteiger partial charge on any atom is 0.312 e. The Morgan fingerprint density at radius 1 is 1.07 bits per heavy atom. The number of carbonyl (C=O) groups excluding carboxylic acids is 2. The topological polar surface area (TPSA) is 110 Å². The molecular weight excluding hydrogens is 362 g/mol. The van der Waals surface area contributed by atoms with Gasteiger partial charge in [-0.1, -0.05) is 36.4 Å². The lowest BCUT2D eigenvalue weighted by atomic mass is 10.1. The molecule has 1 aromatic heterocycles. The van der Waals surface area contributed by atoms with Gasteiger partial charge in [-0.25, -0.2) is 5.10 Å². The average Bonchev–Trinajstić information content (AvgIpc) is 2.73. The van der Waals surface area contributed by atoms with Gasteiger partial charge in [0.05, 0.1) is 24.6 Å². The van der Waals surface area contributed by atoms with Crippen LogP contribution in [0.3, 0.4) is 0 Å². The number of ether oxygens (including phenoxy) is 2. The predicted octanol–water partition coefficient (Wildman–Crippen LogP) is 1.33.